The summed E-state index contributed by atoms with van der Waals surface area (Å²) in [5.74, 6) is -0.119. The Morgan fingerprint density at radius 2 is 2.12 bits per heavy atom. The van der Waals surface area contributed by atoms with Crippen LogP contribution in [0.25, 0.3) is 11.3 Å². The van der Waals surface area contributed by atoms with E-state index in [2.05, 4.69) is 27.5 Å². The van der Waals surface area contributed by atoms with Gasteiger partial charge in [0.05, 0.1) is 5.69 Å². The number of benzene rings is 1. The van der Waals surface area contributed by atoms with Crippen LogP contribution in [0.5, 0.6) is 0 Å². The molecule has 1 aliphatic rings. The second-order valence-corrected chi connectivity index (χ2v) is 6.66. The number of aromatic carboxylic acids is 1. The Bertz CT molecular complexity index is 929. The third-order valence-electron chi connectivity index (χ3n) is 4.74. The van der Waals surface area contributed by atoms with Gasteiger partial charge in [-0.15, -0.1) is 0 Å². The third-order valence-corrected chi connectivity index (χ3v) is 4.74. The Morgan fingerprint density at radius 1 is 1.31 bits per heavy atom. The fraction of sp³-hybridized carbons (Fsp3) is 0.316. The van der Waals surface area contributed by atoms with Gasteiger partial charge in [0, 0.05) is 56.1 Å². The van der Waals surface area contributed by atoms with Crippen molar-refractivity contribution in [1.82, 2.24) is 24.6 Å². The normalized spacial score (nSPS) is 16.4. The van der Waals surface area contributed by atoms with Crippen LogP contribution >= 0.6 is 0 Å². The molecule has 2 N–H and O–H groups in total. The third kappa shape index (κ3) is 3.25. The van der Waals surface area contributed by atoms with Crippen molar-refractivity contribution in [2.75, 3.05) is 0 Å². The SMILES string of the molecule is Cn1cc(CNC2CCc3nc(C(=O)O)cn3C2)c(-c2ccccc2)n1. The summed E-state index contributed by atoms with van der Waals surface area (Å²) in [6.45, 7) is 1.45. The number of carboxylic acid groups (broad SMARTS) is 1. The average Bonchev–Trinajstić information content (AvgIpc) is 3.23. The Kier molecular flexibility index (Phi) is 4.30. The maximum absolute atomic E-state index is 11.1. The first kappa shape index (κ1) is 16.5. The van der Waals surface area contributed by atoms with Gasteiger partial charge in [-0.05, 0) is 6.42 Å². The molecule has 3 heterocycles. The standard InChI is InChI=1S/C19H21N5O2/c1-23-10-14(18(22-23)13-5-3-2-4-6-13)9-20-15-7-8-17-21-16(19(25)26)12-24(17)11-15/h2-6,10,12,15,20H,7-9,11H2,1H3,(H,25,26). The molecule has 0 radical (unpaired) electrons. The van der Waals surface area contributed by atoms with Crippen LogP contribution in [0.2, 0.25) is 0 Å². The molecule has 0 spiro atoms. The highest BCUT2D eigenvalue weighted by atomic mass is 16.4. The average molecular weight is 351 g/mol. The zero-order valence-corrected chi connectivity index (χ0v) is 14.6. The number of aryl methyl sites for hydroxylation is 2. The van der Waals surface area contributed by atoms with Crippen molar-refractivity contribution in [3.8, 4) is 11.3 Å². The number of nitrogens with one attached hydrogen (secondary N) is 1. The molecule has 26 heavy (non-hydrogen) atoms. The molecule has 0 fully saturated rings. The molecule has 0 aliphatic carbocycles. The van der Waals surface area contributed by atoms with E-state index in [0.29, 0.717) is 0 Å². The second kappa shape index (κ2) is 6.76. The number of fused-ring (bicyclic) bond motifs is 1. The van der Waals surface area contributed by atoms with Crippen LogP contribution in [0.1, 0.15) is 28.3 Å². The summed E-state index contributed by atoms with van der Waals surface area (Å²) in [5, 5.41) is 17.3. The monoisotopic (exact) mass is 351 g/mol. The molecule has 0 bridgehead atoms. The Balaban J connectivity index is 1.46. The fourth-order valence-electron chi connectivity index (χ4n) is 3.47. The molecule has 0 amide bonds. The molecule has 0 saturated carbocycles. The van der Waals surface area contributed by atoms with Crippen molar-refractivity contribution in [2.45, 2.75) is 32.0 Å². The smallest absolute Gasteiger partial charge is 0.356 e. The largest absolute Gasteiger partial charge is 0.476 e. The zero-order chi connectivity index (χ0) is 18.1. The lowest BCUT2D eigenvalue weighted by Crippen LogP contribution is -2.36. The predicted octanol–water partition coefficient (Wildman–Crippen LogP) is 2.09. The van der Waals surface area contributed by atoms with Gasteiger partial charge in [0.25, 0.3) is 0 Å². The van der Waals surface area contributed by atoms with Crippen LogP contribution in [0.4, 0.5) is 0 Å². The van der Waals surface area contributed by atoms with Crippen molar-refractivity contribution in [1.29, 1.82) is 0 Å². The maximum Gasteiger partial charge on any atom is 0.356 e. The van der Waals surface area contributed by atoms with Crippen LogP contribution in [0, 0.1) is 0 Å². The molecule has 1 aromatic carbocycles. The van der Waals surface area contributed by atoms with E-state index >= 15 is 0 Å². The molecular formula is C19H21N5O2. The summed E-state index contributed by atoms with van der Waals surface area (Å²) in [6, 6.07) is 10.4. The maximum atomic E-state index is 11.1. The van der Waals surface area contributed by atoms with Crippen LogP contribution in [0.3, 0.4) is 0 Å². The lowest BCUT2D eigenvalue weighted by Gasteiger charge is -2.24. The van der Waals surface area contributed by atoms with Crippen molar-refractivity contribution in [3.05, 3.63) is 59.8 Å². The minimum Gasteiger partial charge on any atom is -0.476 e. The van der Waals surface area contributed by atoms with Gasteiger partial charge < -0.3 is 15.0 Å². The molecule has 0 saturated heterocycles. The summed E-state index contributed by atoms with van der Waals surface area (Å²) in [5.41, 5.74) is 3.38. The van der Waals surface area contributed by atoms with Crippen LogP contribution in [-0.2, 0) is 26.6 Å². The molecule has 1 aliphatic heterocycles. The van der Waals surface area contributed by atoms with Crippen LogP contribution in [0.15, 0.2) is 42.7 Å². The van der Waals surface area contributed by atoms with Crippen molar-refractivity contribution in [3.63, 3.8) is 0 Å². The molecule has 3 aromatic rings. The topological polar surface area (TPSA) is 85.0 Å². The summed E-state index contributed by atoms with van der Waals surface area (Å²) >= 11 is 0. The fourth-order valence-corrected chi connectivity index (χ4v) is 3.47. The lowest BCUT2D eigenvalue weighted by molar-refractivity contribution is 0.0691. The number of rotatable bonds is 5. The summed E-state index contributed by atoms with van der Waals surface area (Å²) in [6.07, 6.45) is 5.40. The van der Waals surface area contributed by atoms with Gasteiger partial charge in [0.1, 0.15) is 5.82 Å². The van der Waals surface area contributed by atoms with Gasteiger partial charge in [0.2, 0.25) is 0 Å². The molecule has 1 atom stereocenters. The van der Waals surface area contributed by atoms with E-state index in [9.17, 15) is 4.79 Å². The minimum atomic E-state index is -0.973. The first-order valence-electron chi connectivity index (χ1n) is 8.71. The molecule has 4 rings (SSSR count). The number of hydrogen-bond donors (Lipinski definition) is 2. The molecule has 134 valence electrons. The van der Waals surface area contributed by atoms with E-state index in [1.165, 1.54) is 0 Å². The summed E-state index contributed by atoms with van der Waals surface area (Å²) in [4.78, 5) is 15.3. The van der Waals surface area contributed by atoms with Crippen molar-refractivity contribution in [2.24, 2.45) is 7.05 Å². The van der Waals surface area contributed by atoms with Gasteiger partial charge in [-0.25, -0.2) is 9.78 Å². The lowest BCUT2D eigenvalue weighted by atomic mass is 10.1. The van der Waals surface area contributed by atoms with Crippen LogP contribution < -0.4 is 5.32 Å². The van der Waals surface area contributed by atoms with E-state index in [1.807, 2.05) is 40.7 Å². The Labute approximate surface area is 151 Å². The first-order valence-corrected chi connectivity index (χ1v) is 8.71. The van der Waals surface area contributed by atoms with E-state index in [-0.39, 0.29) is 11.7 Å². The highest BCUT2D eigenvalue weighted by Gasteiger charge is 2.22. The number of nitrogens with zero attached hydrogens (tertiary/aromatic N) is 4. The first-order chi connectivity index (χ1) is 12.6. The summed E-state index contributed by atoms with van der Waals surface area (Å²) in [7, 11) is 1.93. The summed E-state index contributed by atoms with van der Waals surface area (Å²) < 4.78 is 3.79. The molecule has 7 heteroatoms. The van der Waals surface area contributed by atoms with E-state index in [4.69, 9.17) is 5.11 Å². The minimum absolute atomic E-state index is 0.124. The molecule has 7 nitrogen and oxygen atoms in total. The van der Waals surface area contributed by atoms with Crippen LogP contribution in [-0.4, -0.2) is 36.4 Å². The van der Waals surface area contributed by atoms with Gasteiger partial charge >= 0.3 is 5.97 Å². The Hall–Kier alpha value is -2.93. The van der Waals surface area contributed by atoms with E-state index in [0.717, 1.165) is 48.6 Å². The van der Waals surface area contributed by atoms with Gasteiger partial charge in [0.15, 0.2) is 5.69 Å². The number of aromatic nitrogens is 4. The predicted molar refractivity (Wildman–Crippen MR) is 96.8 cm³/mol. The van der Waals surface area contributed by atoms with E-state index in [1.54, 1.807) is 6.20 Å². The van der Waals surface area contributed by atoms with Crippen molar-refractivity contribution >= 4 is 5.97 Å². The molecule has 2 aromatic heterocycles. The zero-order valence-electron chi connectivity index (χ0n) is 14.6. The molecule has 1 unspecified atom stereocenters. The van der Waals surface area contributed by atoms with Gasteiger partial charge in [-0.1, -0.05) is 30.3 Å². The highest BCUT2D eigenvalue weighted by molar-refractivity contribution is 5.85. The van der Waals surface area contributed by atoms with Gasteiger partial charge in [-0.3, -0.25) is 4.68 Å². The quantitative estimate of drug-likeness (QED) is 0.735. The van der Waals surface area contributed by atoms with E-state index < -0.39 is 5.97 Å². The molecular weight excluding hydrogens is 330 g/mol. The highest BCUT2D eigenvalue weighted by Crippen LogP contribution is 2.22. The number of hydrogen-bond acceptors (Lipinski definition) is 4. The Morgan fingerprint density at radius 3 is 2.88 bits per heavy atom. The van der Waals surface area contributed by atoms with Gasteiger partial charge in [-0.2, -0.15) is 5.10 Å². The second-order valence-electron chi connectivity index (χ2n) is 6.66. The van der Waals surface area contributed by atoms with Crippen molar-refractivity contribution < 1.29 is 9.90 Å². The number of carboxylic acids is 1. The number of carbonyl (C=O) groups is 1. The number of imidazole rings is 1.